The van der Waals surface area contributed by atoms with Crippen molar-refractivity contribution in [1.82, 2.24) is 10.3 Å². The van der Waals surface area contributed by atoms with Crippen LogP contribution in [0.1, 0.15) is 30.5 Å². The van der Waals surface area contributed by atoms with Crippen molar-refractivity contribution in [2.75, 3.05) is 0 Å². The van der Waals surface area contributed by atoms with Crippen molar-refractivity contribution in [2.45, 2.75) is 26.8 Å². The normalized spacial score (nSPS) is 12.2. The molecular weight excluding hydrogens is 244 g/mol. The lowest BCUT2D eigenvalue weighted by atomic mass is 10.1. The van der Waals surface area contributed by atoms with Crippen molar-refractivity contribution in [2.24, 2.45) is 0 Å². The van der Waals surface area contributed by atoms with E-state index >= 15 is 0 Å². The molecule has 0 aliphatic heterocycles. The molecule has 18 heavy (non-hydrogen) atoms. The first-order valence-electron chi connectivity index (χ1n) is 5.86. The van der Waals surface area contributed by atoms with Gasteiger partial charge in [0, 0.05) is 17.9 Å². The van der Waals surface area contributed by atoms with Gasteiger partial charge in [-0.2, -0.15) is 0 Å². The SMILES string of the molecule is CC(=O)NC(C)c1ccc(-c2csc(C)n2)cc1. The lowest BCUT2D eigenvalue weighted by molar-refractivity contribution is -0.119. The average molecular weight is 260 g/mol. The molecule has 94 valence electrons. The number of carbonyl (C=O) groups excluding carboxylic acids is 1. The number of benzene rings is 1. The third-order valence-electron chi connectivity index (χ3n) is 2.75. The van der Waals surface area contributed by atoms with E-state index in [1.165, 1.54) is 6.92 Å². The van der Waals surface area contributed by atoms with Crippen molar-refractivity contribution < 1.29 is 4.79 Å². The summed E-state index contributed by atoms with van der Waals surface area (Å²) in [5.74, 6) is -0.0123. The van der Waals surface area contributed by atoms with Crippen LogP contribution in [0.3, 0.4) is 0 Å². The van der Waals surface area contributed by atoms with Crippen LogP contribution >= 0.6 is 11.3 Å². The summed E-state index contributed by atoms with van der Waals surface area (Å²) in [6, 6.07) is 8.19. The van der Waals surface area contributed by atoms with Gasteiger partial charge in [-0.1, -0.05) is 24.3 Å². The van der Waals surface area contributed by atoms with Crippen LogP contribution in [-0.2, 0) is 4.79 Å². The standard InChI is InChI=1S/C14H16N2OS/c1-9(15-10(2)17)12-4-6-13(7-5-12)14-8-18-11(3)16-14/h4-9H,1-3H3,(H,15,17). The number of nitrogens with zero attached hydrogens (tertiary/aromatic N) is 1. The van der Waals surface area contributed by atoms with E-state index in [4.69, 9.17) is 0 Å². The molecule has 2 rings (SSSR count). The molecule has 0 saturated carbocycles. The van der Waals surface area contributed by atoms with E-state index < -0.39 is 0 Å². The van der Waals surface area contributed by atoms with E-state index in [0.29, 0.717) is 0 Å². The fraction of sp³-hybridized carbons (Fsp3) is 0.286. The van der Waals surface area contributed by atoms with Crippen LogP contribution < -0.4 is 5.32 Å². The molecule has 0 fully saturated rings. The molecule has 0 saturated heterocycles. The van der Waals surface area contributed by atoms with E-state index in [0.717, 1.165) is 21.8 Å². The van der Waals surface area contributed by atoms with Gasteiger partial charge in [0.1, 0.15) is 0 Å². The van der Waals surface area contributed by atoms with Crippen molar-refractivity contribution in [1.29, 1.82) is 0 Å². The second-order valence-corrected chi connectivity index (χ2v) is 5.36. The molecule has 2 aromatic rings. The van der Waals surface area contributed by atoms with E-state index in [9.17, 15) is 4.79 Å². The Morgan fingerprint density at radius 1 is 1.33 bits per heavy atom. The summed E-state index contributed by atoms with van der Waals surface area (Å²) >= 11 is 1.65. The summed E-state index contributed by atoms with van der Waals surface area (Å²) in [5, 5.41) is 6.00. The minimum Gasteiger partial charge on any atom is -0.350 e. The Morgan fingerprint density at radius 3 is 2.50 bits per heavy atom. The number of nitrogens with one attached hydrogen (secondary N) is 1. The minimum absolute atomic E-state index is 0.0123. The molecule has 3 nitrogen and oxygen atoms in total. The van der Waals surface area contributed by atoms with Gasteiger partial charge in [0.2, 0.25) is 5.91 Å². The van der Waals surface area contributed by atoms with E-state index in [1.807, 2.05) is 38.1 Å². The maximum atomic E-state index is 11.0. The minimum atomic E-state index is -0.0123. The maximum absolute atomic E-state index is 11.0. The fourth-order valence-electron chi connectivity index (χ4n) is 1.83. The van der Waals surface area contributed by atoms with Crippen molar-refractivity contribution in [3.05, 3.63) is 40.2 Å². The maximum Gasteiger partial charge on any atom is 0.217 e. The first-order valence-corrected chi connectivity index (χ1v) is 6.74. The van der Waals surface area contributed by atoms with Gasteiger partial charge in [0.15, 0.2) is 0 Å². The number of hydrogen-bond donors (Lipinski definition) is 1. The highest BCUT2D eigenvalue weighted by atomic mass is 32.1. The van der Waals surface area contributed by atoms with Crippen LogP contribution in [0.25, 0.3) is 11.3 Å². The number of hydrogen-bond acceptors (Lipinski definition) is 3. The predicted molar refractivity (Wildman–Crippen MR) is 74.5 cm³/mol. The van der Waals surface area contributed by atoms with Gasteiger partial charge in [-0.25, -0.2) is 4.98 Å². The van der Waals surface area contributed by atoms with Crippen molar-refractivity contribution >= 4 is 17.2 Å². The summed E-state index contributed by atoms with van der Waals surface area (Å²) in [7, 11) is 0. The zero-order chi connectivity index (χ0) is 13.1. The van der Waals surface area contributed by atoms with Crippen LogP contribution in [0.5, 0.6) is 0 Å². The van der Waals surface area contributed by atoms with Gasteiger partial charge < -0.3 is 5.32 Å². The van der Waals surface area contributed by atoms with Crippen LogP contribution in [0.4, 0.5) is 0 Å². The van der Waals surface area contributed by atoms with Gasteiger partial charge in [-0.3, -0.25) is 4.79 Å². The van der Waals surface area contributed by atoms with Crippen molar-refractivity contribution in [3.8, 4) is 11.3 Å². The Labute approximate surface area is 111 Å². The molecule has 1 unspecified atom stereocenters. The number of thiazole rings is 1. The van der Waals surface area contributed by atoms with E-state index in [1.54, 1.807) is 11.3 Å². The zero-order valence-corrected chi connectivity index (χ0v) is 11.5. The molecule has 0 aliphatic carbocycles. The summed E-state index contributed by atoms with van der Waals surface area (Å²) in [4.78, 5) is 15.5. The molecular formula is C14H16N2OS. The number of aromatic nitrogens is 1. The Bertz CT molecular complexity index is 545. The van der Waals surface area contributed by atoms with E-state index in [2.05, 4.69) is 15.7 Å². The molecule has 1 amide bonds. The van der Waals surface area contributed by atoms with Gasteiger partial charge in [0.05, 0.1) is 16.7 Å². The van der Waals surface area contributed by atoms with Crippen LogP contribution in [0.15, 0.2) is 29.6 Å². The summed E-state index contributed by atoms with van der Waals surface area (Å²) in [6.07, 6.45) is 0. The molecule has 1 N–H and O–H groups in total. The lowest BCUT2D eigenvalue weighted by Crippen LogP contribution is -2.23. The molecule has 1 aromatic heterocycles. The molecule has 1 heterocycles. The molecule has 0 bridgehead atoms. The lowest BCUT2D eigenvalue weighted by Gasteiger charge is -2.12. The van der Waals surface area contributed by atoms with Crippen LogP contribution in [-0.4, -0.2) is 10.9 Å². The molecule has 4 heteroatoms. The van der Waals surface area contributed by atoms with Gasteiger partial charge >= 0.3 is 0 Å². The first-order chi connectivity index (χ1) is 8.56. The first kappa shape index (κ1) is 12.8. The Balaban J connectivity index is 2.17. The Morgan fingerprint density at radius 2 is 2.00 bits per heavy atom. The summed E-state index contributed by atoms with van der Waals surface area (Å²) in [6.45, 7) is 5.51. The molecule has 0 aliphatic rings. The van der Waals surface area contributed by atoms with Gasteiger partial charge in [-0.15, -0.1) is 11.3 Å². The number of amides is 1. The van der Waals surface area contributed by atoms with Crippen molar-refractivity contribution in [3.63, 3.8) is 0 Å². The quantitative estimate of drug-likeness (QED) is 0.920. The summed E-state index contributed by atoms with van der Waals surface area (Å²) < 4.78 is 0. The average Bonchev–Trinajstić information content (AvgIpc) is 2.75. The molecule has 1 aromatic carbocycles. The molecule has 1 atom stereocenters. The van der Waals surface area contributed by atoms with Crippen LogP contribution in [0, 0.1) is 6.92 Å². The largest absolute Gasteiger partial charge is 0.350 e. The topological polar surface area (TPSA) is 42.0 Å². The second kappa shape index (κ2) is 5.31. The molecule has 0 spiro atoms. The summed E-state index contributed by atoms with van der Waals surface area (Å²) in [5.41, 5.74) is 3.22. The number of carbonyl (C=O) groups is 1. The number of rotatable bonds is 3. The zero-order valence-electron chi connectivity index (χ0n) is 10.7. The molecule has 0 radical (unpaired) electrons. The van der Waals surface area contributed by atoms with Crippen LogP contribution in [0.2, 0.25) is 0 Å². The third kappa shape index (κ3) is 2.96. The highest BCUT2D eigenvalue weighted by molar-refractivity contribution is 7.09. The van der Waals surface area contributed by atoms with Gasteiger partial charge in [0.25, 0.3) is 0 Å². The Kier molecular flexibility index (Phi) is 3.77. The third-order valence-corrected chi connectivity index (χ3v) is 3.52. The highest BCUT2D eigenvalue weighted by Gasteiger charge is 2.07. The second-order valence-electron chi connectivity index (χ2n) is 4.30. The smallest absolute Gasteiger partial charge is 0.217 e. The predicted octanol–water partition coefficient (Wildman–Crippen LogP) is 3.32. The monoisotopic (exact) mass is 260 g/mol. The number of aryl methyl sites for hydroxylation is 1. The van der Waals surface area contributed by atoms with Gasteiger partial charge in [-0.05, 0) is 19.4 Å². The fourth-order valence-corrected chi connectivity index (χ4v) is 2.45. The Hall–Kier alpha value is -1.68. The highest BCUT2D eigenvalue weighted by Crippen LogP contribution is 2.23. The van der Waals surface area contributed by atoms with E-state index in [-0.39, 0.29) is 11.9 Å².